The number of hydrogen-bond acceptors (Lipinski definition) is 2. The second-order valence-corrected chi connectivity index (χ2v) is 6.15. The molecule has 0 aliphatic rings. The lowest BCUT2D eigenvalue weighted by molar-refractivity contribution is -0.137. The minimum absolute atomic E-state index is 0.0221. The van der Waals surface area contributed by atoms with E-state index in [1.807, 2.05) is 18.2 Å². The number of nitrogens with one attached hydrogen (secondary N) is 1. The second kappa shape index (κ2) is 6.80. The van der Waals surface area contributed by atoms with Gasteiger partial charge in [-0.15, -0.1) is 0 Å². The maximum atomic E-state index is 10.4. The molecule has 0 radical (unpaired) electrons. The number of rotatable bonds is 6. The average Bonchev–Trinajstić information content (AvgIpc) is 2.28. The van der Waals surface area contributed by atoms with Crippen LogP contribution in [0.2, 0.25) is 5.02 Å². The molecule has 0 heterocycles. The van der Waals surface area contributed by atoms with Crippen LogP contribution in [-0.2, 0) is 10.2 Å². The predicted octanol–water partition coefficient (Wildman–Crippen LogP) is 4.30. The van der Waals surface area contributed by atoms with Gasteiger partial charge in [-0.2, -0.15) is 0 Å². The van der Waals surface area contributed by atoms with E-state index in [1.165, 1.54) is 5.56 Å². The van der Waals surface area contributed by atoms with Crippen LogP contribution in [-0.4, -0.2) is 17.6 Å². The van der Waals surface area contributed by atoms with E-state index in [-0.39, 0.29) is 11.8 Å². The van der Waals surface area contributed by atoms with Crippen molar-refractivity contribution in [3.05, 3.63) is 28.8 Å². The second-order valence-electron chi connectivity index (χ2n) is 5.72. The highest BCUT2D eigenvalue weighted by atomic mass is 35.5. The lowest BCUT2D eigenvalue weighted by Crippen LogP contribution is -2.15. The van der Waals surface area contributed by atoms with Crippen molar-refractivity contribution in [1.29, 1.82) is 0 Å². The third-order valence-corrected chi connectivity index (χ3v) is 3.16. The van der Waals surface area contributed by atoms with Gasteiger partial charge in [-0.1, -0.05) is 32.4 Å². The topological polar surface area (TPSA) is 49.3 Å². The molecule has 0 saturated heterocycles. The van der Waals surface area contributed by atoms with Gasteiger partial charge in [-0.3, -0.25) is 4.79 Å². The van der Waals surface area contributed by atoms with Crippen molar-refractivity contribution in [1.82, 2.24) is 0 Å². The molecule has 106 valence electrons. The van der Waals surface area contributed by atoms with E-state index in [1.54, 1.807) is 0 Å². The van der Waals surface area contributed by atoms with Crippen LogP contribution < -0.4 is 5.32 Å². The van der Waals surface area contributed by atoms with Gasteiger partial charge in [0.05, 0.1) is 0 Å². The maximum absolute atomic E-state index is 10.4. The first kappa shape index (κ1) is 15.8. The molecule has 1 aromatic carbocycles. The molecule has 0 aromatic heterocycles. The zero-order valence-corrected chi connectivity index (χ0v) is 12.5. The van der Waals surface area contributed by atoms with E-state index < -0.39 is 5.97 Å². The molecule has 19 heavy (non-hydrogen) atoms. The van der Waals surface area contributed by atoms with Crippen LogP contribution in [0.3, 0.4) is 0 Å². The summed E-state index contributed by atoms with van der Waals surface area (Å²) < 4.78 is 0. The van der Waals surface area contributed by atoms with E-state index >= 15 is 0 Å². The molecule has 1 aromatic rings. The number of benzene rings is 1. The molecule has 0 spiro atoms. The van der Waals surface area contributed by atoms with E-state index in [4.69, 9.17) is 16.7 Å². The molecule has 0 aliphatic carbocycles. The van der Waals surface area contributed by atoms with Crippen molar-refractivity contribution in [2.45, 2.75) is 45.4 Å². The number of unbranched alkanes of at least 4 members (excludes halogenated alkanes) is 1. The molecule has 4 heteroatoms. The van der Waals surface area contributed by atoms with Gasteiger partial charge in [-0.05, 0) is 42.0 Å². The SMILES string of the molecule is CC(C)(C)c1cc(Cl)ccc1NCCCCC(=O)O. The monoisotopic (exact) mass is 283 g/mol. The summed E-state index contributed by atoms with van der Waals surface area (Å²) in [5.74, 6) is -0.734. The highest BCUT2D eigenvalue weighted by Gasteiger charge is 2.18. The van der Waals surface area contributed by atoms with E-state index in [9.17, 15) is 4.79 Å². The minimum atomic E-state index is -0.734. The fourth-order valence-electron chi connectivity index (χ4n) is 1.92. The Balaban J connectivity index is 2.61. The molecule has 1 rings (SSSR count). The standard InChI is InChI=1S/C15H22ClNO2/c1-15(2,3)12-10-11(16)7-8-13(12)17-9-5-4-6-14(18)19/h7-8,10,17H,4-6,9H2,1-3H3,(H,18,19). The van der Waals surface area contributed by atoms with Crippen LogP contribution in [0.25, 0.3) is 0 Å². The molecule has 0 unspecified atom stereocenters. The van der Waals surface area contributed by atoms with Crippen molar-refractivity contribution in [2.75, 3.05) is 11.9 Å². The van der Waals surface area contributed by atoms with Crippen molar-refractivity contribution in [3.8, 4) is 0 Å². The highest BCUT2D eigenvalue weighted by molar-refractivity contribution is 6.30. The van der Waals surface area contributed by atoms with Crippen LogP contribution in [0.5, 0.6) is 0 Å². The largest absolute Gasteiger partial charge is 0.481 e. The Morgan fingerprint density at radius 3 is 2.58 bits per heavy atom. The predicted molar refractivity (Wildman–Crippen MR) is 80.1 cm³/mol. The van der Waals surface area contributed by atoms with Gasteiger partial charge in [0.1, 0.15) is 0 Å². The number of halogens is 1. The molecule has 0 aliphatic heterocycles. The van der Waals surface area contributed by atoms with Crippen LogP contribution in [0.4, 0.5) is 5.69 Å². The Kier molecular flexibility index (Phi) is 5.67. The molecular formula is C15H22ClNO2. The molecule has 0 fully saturated rings. The van der Waals surface area contributed by atoms with Gasteiger partial charge in [0.15, 0.2) is 0 Å². The van der Waals surface area contributed by atoms with Gasteiger partial charge >= 0.3 is 5.97 Å². The number of carboxylic acid groups (broad SMARTS) is 1. The summed E-state index contributed by atoms with van der Waals surface area (Å²) >= 11 is 6.05. The van der Waals surface area contributed by atoms with Crippen molar-refractivity contribution in [2.24, 2.45) is 0 Å². The summed E-state index contributed by atoms with van der Waals surface area (Å²) in [6, 6.07) is 5.84. The Hall–Kier alpha value is -1.22. The van der Waals surface area contributed by atoms with Crippen LogP contribution in [0.15, 0.2) is 18.2 Å². The van der Waals surface area contributed by atoms with Gasteiger partial charge in [0, 0.05) is 23.7 Å². The normalized spacial score (nSPS) is 11.4. The molecule has 0 atom stereocenters. The Morgan fingerprint density at radius 2 is 2.00 bits per heavy atom. The summed E-state index contributed by atoms with van der Waals surface area (Å²) in [6.07, 6.45) is 1.77. The highest BCUT2D eigenvalue weighted by Crippen LogP contribution is 2.31. The smallest absolute Gasteiger partial charge is 0.303 e. The summed E-state index contributed by atoms with van der Waals surface area (Å²) in [6.45, 7) is 7.22. The lowest BCUT2D eigenvalue weighted by Gasteiger charge is -2.24. The maximum Gasteiger partial charge on any atom is 0.303 e. The van der Waals surface area contributed by atoms with Crippen molar-refractivity contribution < 1.29 is 9.90 Å². The number of aliphatic carboxylic acids is 1. The van der Waals surface area contributed by atoms with Crippen LogP contribution in [0.1, 0.15) is 45.6 Å². The average molecular weight is 284 g/mol. The Morgan fingerprint density at radius 1 is 1.32 bits per heavy atom. The van der Waals surface area contributed by atoms with Gasteiger partial charge in [-0.25, -0.2) is 0 Å². The van der Waals surface area contributed by atoms with E-state index in [0.29, 0.717) is 6.42 Å². The summed E-state index contributed by atoms with van der Waals surface area (Å²) in [5, 5.41) is 12.7. The fraction of sp³-hybridized carbons (Fsp3) is 0.533. The number of carbonyl (C=O) groups is 1. The fourth-order valence-corrected chi connectivity index (χ4v) is 2.09. The molecule has 0 bridgehead atoms. The van der Waals surface area contributed by atoms with Crippen molar-refractivity contribution >= 4 is 23.3 Å². The third kappa shape index (κ3) is 5.52. The van der Waals surface area contributed by atoms with Gasteiger partial charge in [0.2, 0.25) is 0 Å². The molecule has 3 nitrogen and oxygen atoms in total. The first-order valence-electron chi connectivity index (χ1n) is 6.56. The minimum Gasteiger partial charge on any atom is -0.481 e. The van der Waals surface area contributed by atoms with E-state index in [2.05, 4.69) is 26.1 Å². The quantitative estimate of drug-likeness (QED) is 0.765. The number of anilines is 1. The first-order valence-corrected chi connectivity index (χ1v) is 6.94. The summed E-state index contributed by atoms with van der Waals surface area (Å²) in [5.41, 5.74) is 2.28. The lowest BCUT2D eigenvalue weighted by atomic mass is 9.86. The number of carboxylic acids is 1. The van der Waals surface area contributed by atoms with Crippen molar-refractivity contribution in [3.63, 3.8) is 0 Å². The first-order chi connectivity index (χ1) is 8.80. The molecule has 0 saturated carbocycles. The zero-order chi connectivity index (χ0) is 14.5. The Labute approximate surface area is 120 Å². The molecule has 2 N–H and O–H groups in total. The molecule has 0 amide bonds. The third-order valence-electron chi connectivity index (χ3n) is 2.92. The van der Waals surface area contributed by atoms with Crippen LogP contribution in [0, 0.1) is 0 Å². The summed E-state index contributed by atoms with van der Waals surface area (Å²) in [4.78, 5) is 10.4. The van der Waals surface area contributed by atoms with Gasteiger partial charge < -0.3 is 10.4 Å². The summed E-state index contributed by atoms with van der Waals surface area (Å²) in [7, 11) is 0. The molecular weight excluding hydrogens is 262 g/mol. The van der Waals surface area contributed by atoms with Gasteiger partial charge in [0.25, 0.3) is 0 Å². The van der Waals surface area contributed by atoms with Crippen LogP contribution >= 0.6 is 11.6 Å². The number of hydrogen-bond donors (Lipinski definition) is 2. The van der Waals surface area contributed by atoms with E-state index in [0.717, 1.165) is 23.7 Å². The Bertz CT molecular complexity index is 438. The zero-order valence-electron chi connectivity index (χ0n) is 11.8.